The van der Waals surface area contributed by atoms with Gasteiger partial charge < -0.3 is 19.7 Å². The number of benzene rings is 1. The molecule has 0 amide bonds. The number of likely N-dealkylation sites (tertiary alicyclic amines) is 1. The summed E-state index contributed by atoms with van der Waals surface area (Å²) in [5.41, 5.74) is 4.84. The Hall–Kier alpha value is -3.90. The van der Waals surface area contributed by atoms with Gasteiger partial charge in [0.2, 0.25) is 5.95 Å². The molecular weight excluding hydrogens is 520 g/mol. The summed E-state index contributed by atoms with van der Waals surface area (Å²) in [6.07, 6.45) is 11.8. The lowest BCUT2D eigenvalue weighted by Gasteiger charge is -2.39. The molecule has 1 atom stereocenters. The molecule has 12 heteroatoms. The maximum absolute atomic E-state index is 6.20. The van der Waals surface area contributed by atoms with Crippen LogP contribution in [-0.4, -0.2) is 83.3 Å². The van der Waals surface area contributed by atoms with Gasteiger partial charge in [-0.05, 0) is 74.1 Å². The van der Waals surface area contributed by atoms with Crippen LogP contribution < -0.4 is 10.1 Å². The van der Waals surface area contributed by atoms with E-state index in [-0.39, 0.29) is 6.10 Å². The first-order chi connectivity index (χ1) is 20.0. The van der Waals surface area contributed by atoms with Crippen LogP contribution in [0.25, 0.3) is 11.1 Å². The SMILES string of the molecule is Cc1ccc(-c2cnc(Nc3cn(C4CCN(C5CCOCC5)CC4)nc3C)nc2)cc1O[C@@H](C)Cn1cnnn1. The van der Waals surface area contributed by atoms with E-state index in [4.69, 9.17) is 14.6 Å². The van der Waals surface area contributed by atoms with Gasteiger partial charge in [-0.1, -0.05) is 12.1 Å². The highest BCUT2D eigenvalue weighted by atomic mass is 16.5. The van der Waals surface area contributed by atoms with Gasteiger partial charge in [0, 0.05) is 56.5 Å². The van der Waals surface area contributed by atoms with E-state index in [9.17, 15) is 0 Å². The smallest absolute Gasteiger partial charge is 0.227 e. The van der Waals surface area contributed by atoms with E-state index >= 15 is 0 Å². The molecule has 0 radical (unpaired) electrons. The van der Waals surface area contributed by atoms with Crippen LogP contribution in [0.1, 0.15) is 49.9 Å². The van der Waals surface area contributed by atoms with Gasteiger partial charge in [-0.3, -0.25) is 4.68 Å². The van der Waals surface area contributed by atoms with Crippen molar-refractivity contribution in [2.45, 2.75) is 71.2 Å². The van der Waals surface area contributed by atoms with Crippen molar-refractivity contribution in [3.05, 3.63) is 54.4 Å². The topological polar surface area (TPSA) is 121 Å². The minimum absolute atomic E-state index is 0.0982. The molecule has 12 nitrogen and oxygen atoms in total. The number of anilines is 2. The van der Waals surface area contributed by atoms with E-state index in [2.05, 4.69) is 52.7 Å². The molecule has 3 aromatic heterocycles. The van der Waals surface area contributed by atoms with Crippen LogP contribution in [0.4, 0.5) is 11.6 Å². The van der Waals surface area contributed by atoms with Crippen molar-refractivity contribution in [2.24, 2.45) is 0 Å². The second-order valence-electron chi connectivity index (χ2n) is 11.1. The van der Waals surface area contributed by atoms with E-state index in [1.807, 2.05) is 45.3 Å². The highest BCUT2D eigenvalue weighted by Crippen LogP contribution is 2.30. The molecular formula is C29H38N10O2. The van der Waals surface area contributed by atoms with E-state index in [0.29, 0.717) is 24.6 Å². The molecule has 2 aliphatic heterocycles. The summed E-state index contributed by atoms with van der Waals surface area (Å²) in [7, 11) is 0. The molecule has 4 aromatic rings. The molecule has 2 fully saturated rings. The fourth-order valence-corrected chi connectivity index (χ4v) is 5.71. The van der Waals surface area contributed by atoms with Crippen molar-refractivity contribution in [3.63, 3.8) is 0 Å². The number of ether oxygens (including phenoxy) is 2. The van der Waals surface area contributed by atoms with Gasteiger partial charge in [0.05, 0.1) is 24.0 Å². The first-order valence-corrected chi connectivity index (χ1v) is 14.5. The zero-order valence-corrected chi connectivity index (χ0v) is 24.0. The first kappa shape index (κ1) is 27.3. The molecule has 0 unspecified atom stereocenters. The Labute approximate surface area is 240 Å². The Morgan fingerprint density at radius 2 is 1.80 bits per heavy atom. The first-order valence-electron chi connectivity index (χ1n) is 14.5. The van der Waals surface area contributed by atoms with Crippen molar-refractivity contribution in [1.82, 2.24) is 44.9 Å². The number of tetrazole rings is 1. The van der Waals surface area contributed by atoms with Crippen LogP contribution >= 0.6 is 0 Å². The largest absolute Gasteiger partial charge is 0.488 e. The molecule has 5 heterocycles. The van der Waals surface area contributed by atoms with Gasteiger partial charge in [-0.25, -0.2) is 14.6 Å². The zero-order valence-electron chi connectivity index (χ0n) is 24.0. The van der Waals surface area contributed by atoms with Gasteiger partial charge in [-0.15, -0.1) is 5.10 Å². The number of aryl methyl sites for hydroxylation is 2. The number of nitrogens with zero attached hydrogens (tertiary/aromatic N) is 9. The van der Waals surface area contributed by atoms with Gasteiger partial charge in [0.15, 0.2) is 0 Å². The summed E-state index contributed by atoms with van der Waals surface area (Å²) in [5, 5.41) is 19.5. The molecule has 0 saturated carbocycles. The summed E-state index contributed by atoms with van der Waals surface area (Å²) in [6, 6.07) is 7.22. The van der Waals surface area contributed by atoms with E-state index in [1.165, 1.54) is 0 Å². The fraction of sp³-hybridized carbons (Fsp3) is 0.517. The Bertz CT molecular complexity index is 1410. The maximum Gasteiger partial charge on any atom is 0.227 e. The Morgan fingerprint density at radius 1 is 1.02 bits per heavy atom. The maximum atomic E-state index is 6.20. The predicted octanol–water partition coefficient (Wildman–Crippen LogP) is 3.97. The molecule has 2 saturated heterocycles. The number of hydrogen-bond acceptors (Lipinski definition) is 10. The lowest BCUT2D eigenvalue weighted by Crippen LogP contribution is -2.44. The quantitative estimate of drug-likeness (QED) is 0.323. The van der Waals surface area contributed by atoms with Crippen molar-refractivity contribution >= 4 is 11.6 Å². The Kier molecular flexibility index (Phi) is 8.19. The second kappa shape index (κ2) is 12.3. The summed E-state index contributed by atoms with van der Waals surface area (Å²) in [5.74, 6) is 1.36. The number of nitrogens with one attached hydrogen (secondary N) is 1. The van der Waals surface area contributed by atoms with Crippen LogP contribution in [0.5, 0.6) is 5.75 Å². The number of rotatable bonds is 9. The van der Waals surface area contributed by atoms with Crippen molar-refractivity contribution in [1.29, 1.82) is 0 Å². The summed E-state index contributed by atoms with van der Waals surface area (Å²) in [4.78, 5) is 11.8. The van der Waals surface area contributed by atoms with Gasteiger partial charge >= 0.3 is 0 Å². The van der Waals surface area contributed by atoms with Gasteiger partial charge in [-0.2, -0.15) is 5.10 Å². The van der Waals surface area contributed by atoms with Crippen LogP contribution in [0.3, 0.4) is 0 Å². The number of aromatic nitrogens is 8. The molecule has 1 N–H and O–H groups in total. The summed E-state index contributed by atoms with van der Waals surface area (Å²) < 4.78 is 15.5. The molecule has 41 heavy (non-hydrogen) atoms. The molecule has 216 valence electrons. The van der Waals surface area contributed by atoms with Crippen molar-refractivity contribution in [2.75, 3.05) is 31.6 Å². The van der Waals surface area contributed by atoms with Crippen LogP contribution in [-0.2, 0) is 11.3 Å². The summed E-state index contributed by atoms with van der Waals surface area (Å²) in [6.45, 7) is 10.6. The van der Waals surface area contributed by atoms with E-state index < -0.39 is 0 Å². The van der Waals surface area contributed by atoms with Crippen LogP contribution in [0.15, 0.2) is 43.1 Å². The predicted molar refractivity (Wildman–Crippen MR) is 154 cm³/mol. The molecule has 1 aromatic carbocycles. The highest BCUT2D eigenvalue weighted by molar-refractivity contribution is 5.65. The fourth-order valence-electron chi connectivity index (χ4n) is 5.71. The standard InChI is InChI=1S/C29H38N10O2/c1-20-4-5-23(14-28(20)41-21(2)17-38-19-32-35-36-38)24-15-30-29(31-16-24)33-27-18-39(34-22(27)3)26-6-10-37(11-7-26)25-8-12-40-13-9-25/h4-5,14-16,18-19,21,25-26H,6-13,17H2,1-3H3,(H,30,31,33)/t21-/m0/s1. The lowest BCUT2D eigenvalue weighted by atomic mass is 10.00. The molecule has 2 aliphatic rings. The minimum Gasteiger partial charge on any atom is -0.488 e. The van der Waals surface area contributed by atoms with E-state index in [1.54, 1.807) is 11.0 Å². The van der Waals surface area contributed by atoms with Crippen molar-refractivity contribution < 1.29 is 9.47 Å². The third kappa shape index (κ3) is 6.54. The Morgan fingerprint density at radius 3 is 2.54 bits per heavy atom. The van der Waals surface area contributed by atoms with Gasteiger partial charge in [0.25, 0.3) is 0 Å². The monoisotopic (exact) mass is 558 g/mol. The van der Waals surface area contributed by atoms with Crippen molar-refractivity contribution in [3.8, 4) is 16.9 Å². The van der Waals surface area contributed by atoms with E-state index in [0.717, 1.165) is 85.8 Å². The number of piperidine rings is 1. The molecule has 0 spiro atoms. The zero-order chi connectivity index (χ0) is 28.2. The average molecular weight is 559 g/mol. The number of hydrogen-bond donors (Lipinski definition) is 1. The van der Waals surface area contributed by atoms with Gasteiger partial charge in [0.1, 0.15) is 18.2 Å². The highest BCUT2D eigenvalue weighted by Gasteiger charge is 2.28. The summed E-state index contributed by atoms with van der Waals surface area (Å²) >= 11 is 0. The molecule has 6 rings (SSSR count). The second-order valence-corrected chi connectivity index (χ2v) is 11.1. The third-order valence-corrected chi connectivity index (χ3v) is 8.08. The van der Waals surface area contributed by atoms with Crippen LogP contribution in [0.2, 0.25) is 0 Å². The Balaban J connectivity index is 1.07. The minimum atomic E-state index is -0.0982. The normalized spacial score (nSPS) is 17.9. The third-order valence-electron chi connectivity index (χ3n) is 8.08. The lowest BCUT2D eigenvalue weighted by molar-refractivity contribution is 0.0212. The molecule has 0 aliphatic carbocycles. The molecule has 0 bridgehead atoms. The average Bonchev–Trinajstić information content (AvgIpc) is 3.64. The van der Waals surface area contributed by atoms with Crippen LogP contribution in [0, 0.1) is 13.8 Å².